The maximum atomic E-state index is 15.2. The molecule has 2 nitrogen and oxygen atoms in total. The lowest BCUT2D eigenvalue weighted by atomic mass is 9.82. The maximum absolute atomic E-state index is 15.2. The summed E-state index contributed by atoms with van der Waals surface area (Å²) in [6.45, 7) is 5.01. The Morgan fingerprint density at radius 2 is 1.68 bits per heavy atom. The molecular formula is C27H24F2N2. The average molecular weight is 414 g/mol. The number of aryl methyl sites for hydroxylation is 2. The molecular weight excluding hydrogens is 390 g/mol. The summed E-state index contributed by atoms with van der Waals surface area (Å²) >= 11 is 0. The molecule has 4 aromatic rings. The van der Waals surface area contributed by atoms with E-state index < -0.39 is 11.6 Å². The first kappa shape index (κ1) is 18.6. The van der Waals surface area contributed by atoms with E-state index in [0.29, 0.717) is 5.56 Å². The third-order valence-electron chi connectivity index (χ3n) is 6.97. The van der Waals surface area contributed by atoms with Gasteiger partial charge in [0.1, 0.15) is 11.6 Å². The molecule has 1 aromatic heterocycles. The Balaban J connectivity index is 1.64. The number of para-hydroxylation sites is 1. The van der Waals surface area contributed by atoms with Gasteiger partial charge in [-0.05, 0) is 67.6 Å². The van der Waals surface area contributed by atoms with Crippen molar-refractivity contribution in [3.8, 4) is 0 Å². The van der Waals surface area contributed by atoms with Crippen LogP contribution in [0.15, 0.2) is 60.7 Å². The molecule has 0 saturated heterocycles. The molecule has 1 fully saturated rings. The number of aromatic amines is 1. The summed E-state index contributed by atoms with van der Waals surface area (Å²) in [5, 5.41) is 1.22. The highest BCUT2D eigenvalue weighted by molar-refractivity contribution is 5.88. The van der Waals surface area contributed by atoms with Crippen molar-refractivity contribution >= 4 is 16.6 Å². The molecule has 1 atom stereocenters. The summed E-state index contributed by atoms with van der Waals surface area (Å²) in [4.78, 5) is 5.95. The number of aromatic nitrogens is 1. The Kier molecular flexibility index (Phi) is 3.86. The minimum atomic E-state index is -0.550. The molecule has 6 rings (SSSR count). The molecule has 1 unspecified atom stereocenters. The van der Waals surface area contributed by atoms with Gasteiger partial charge in [-0.2, -0.15) is 0 Å². The molecule has 1 spiro atoms. The molecule has 0 bridgehead atoms. The zero-order valence-electron chi connectivity index (χ0n) is 17.7. The number of H-pyrrole nitrogens is 1. The van der Waals surface area contributed by atoms with Gasteiger partial charge in [0, 0.05) is 45.9 Å². The van der Waals surface area contributed by atoms with Crippen molar-refractivity contribution in [1.29, 1.82) is 0 Å². The summed E-state index contributed by atoms with van der Waals surface area (Å²) in [7, 11) is 0. The van der Waals surface area contributed by atoms with Gasteiger partial charge < -0.3 is 9.88 Å². The quantitative estimate of drug-likeness (QED) is 0.386. The Labute approximate surface area is 180 Å². The first-order chi connectivity index (χ1) is 14.9. The van der Waals surface area contributed by atoms with Gasteiger partial charge in [0.05, 0.1) is 6.04 Å². The number of nitrogens with zero attached hydrogens (tertiary/aromatic N) is 1. The predicted octanol–water partition coefficient (Wildman–Crippen LogP) is 6.70. The zero-order valence-corrected chi connectivity index (χ0v) is 17.7. The average Bonchev–Trinajstić information content (AvgIpc) is 3.37. The van der Waals surface area contributed by atoms with E-state index in [9.17, 15) is 4.39 Å². The van der Waals surface area contributed by atoms with Crippen molar-refractivity contribution in [3.05, 3.63) is 100 Å². The second-order valence-corrected chi connectivity index (χ2v) is 9.28. The van der Waals surface area contributed by atoms with Crippen LogP contribution in [0.4, 0.5) is 14.5 Å². The summed E-state index contributed by atoms with van der Waals surface area (Å²) in [5.41, 5.74) is 7.46. The highest BCUT2D eigenvalue weighted by atomic mass is 19.1. The predicted molar refractivity (Wildman–Crippen MR) is 121 cm³/mol. The Hall–Kier alpha value is -3.14. The van der Waals surface area contributed by atoms with E-state index >= 15 is 4.39 Å². The molecule has 1 aliphatic carbocycles. The van der Waals surface area contributed by atoms with Crippen molar-refractivity contribution in [2.24, 2.45) is 0 Å². The molecule has 1 aliphatic heterocycles. The number of halogens is 2. The van der Waals surface area contributed by atoms with Crippen LogP contribution >= 0.6 is 0 Å². The minimum Gasteiger partial charge on any atom is -0.358 e. The van der Waals surface area contributed by atoms with Crippen LogP contribution < -0.4 is 4.90 Å². The molecule has 2 heterocycles. The summed E-state index contributed by atoms with van der Waals surface area (Å²) in [6.07, 6.45) is 2.25. The lowest BCUT2D eigenvalue weighted by molar-refractivity contribution is 0.516. The Morgan fingerprint density at radius 3 is 2.39 bits per heavy atom. The molecule has 31 heavy (non-hydrogen) atoms. The summed E-state index contributed by atoms with van der Waals surface area (Å²) in [6, 6.07) is 18.5. The molecule has 2 aliphatic rings. The SMILES string of the molecule is Cc1cc(C)cc(N2CC3(CC3)c3c([nH]c4ccccc34)C2c2ccc(F)cc2F)c1. The molecule has 4 heteroatoms. The fourth-order valence-electron chi connectivity index (χ4n) is 5.55. The van der Waals surface area contributed by atoms with Gasteiger partial charge in [-0.25, -0.2) is 8.78 Å². The fraction of sp³-hybridized carbons (Fsp3) is 0.259. The first-order valence-electron chi connectivity index (χ1n) is 10.9. The van der Waals surface area contributed by atoms with E-state index in [0.717, 1.165) is 42.4 Å². The third kappa shape index (κ3) is 2.81. The fourth-order valence-corrected chi connectivity index (χ4v) is 5.55. The largest absolute Gasteiger partial charge is 0.358 e. The number of benzene rings is 3. The second-order valence-electron chi connectivity index (χ2n) is 9.28. The van der Waals surface area contributed by atoms with Gasteiger partial charge >= 0.3 is 0 Å². The van der Waals surface area contributed by atoms with Crippen LogP contribution in [0.2, 0.25) is 0 Å². The number of nitrogens with one attached hydrogen (secondary N) is 1. The summed E-state index contributed by atoms with van der Waals surface area (Å²) in [5.74, 6) is -1.05. The zero-order chi connectivity index (χ0) is 21.3. The molecule has 156 valence electrons. The van der Waals surface area contributed by atoms with Gasteiger partial charge in [0.15, 0.2) is 0 Å². The van der Waals surface area contributed by atoms with E-state index in [1.165, 1.54) is 28.1 Å². The lowest BCUT2D eigenvalue weighted by Crippen LogP contribution is -2.42. The number of fused-ring (bicyclic) bond motifs is 4. The number of anilines is 1. The van der Waals surface area contributed by atoms with Crippen molar-refractivity contribution in [1.82, 2.24) is 4.98 Å². The normalized spacial score (nSPS) is 19.1. The number of hydrogen-bond donors (Lipinski definition) is 1. The lowest BCUT2D eigenvalue weighted by Gasteiger charge is -2.42. The molecule has 1 saturated carbocycles. The van der Waals surface area contributed by atoms with E-state index in [4.69, 9.17) is 0 Å². The monoisotopic (exact) mass is 414 g/mol. The van der Waals surface area contributed by atoms with Crippen molar-refractivity contribution in [2.75, 3.05) is 11.4 Å². The highest BCUT2D eigenvalue weighted by Crippen LogP contribution is 2.58. The van der Waals surface area contributed by atoms with Crippen LogP contribution in [0.5, 0.6) is 0 Å². The van der Waals surface area contributed by atoms with Gasteiger partial charge in [-0.3, -0.25) is 0 Å². The van der Waals surface area contributed by atoms with Crippen LogP contribution in [0.1, 0.15) is 46.8 Å². The van der Waals surface area contributed by atoms with Crippen LogP contribution in [0.25, 0.3) is 10.9 Å². The van der Waals surface area contributed by atoms with Crippen LogP contribution in [-0.4, -0.2) is 11.5 Å². The first-order valence-corrected chi connectivity index (χ1v) is 10.9. The molecule has 1 N–H and O–H groups in total. The molecule has 3 aromatic carbocycles. The van der Waals surface area contributed by atoms with Gasteiger partial charge in [0.2, 0.25) is 0 Å². The topological polar surface area (TPSA) is 19.0 Å². The number of hydrogen-bond acceptors (Lipinski definition) is 1. The van der Waals surface area contributed by atoms with E-state index in [-0.39, 0.29) is 11.5 Å². The smallest absolute Gasteiger partial charge is 0.131 e. The van der Waals surface area contributed by atoms with E-state index in [1.54, 1.807) is 6.07 Å². The Bertz CT molecular complexity index is 1310. The molecule has 0 amide bonds. The van der Waals surface area contributed by atoms with E-state index in [1.807, 2.05) is 6.07 Å². The summed E-state index contributed by atoms with van der Waals surface area (Å²) < 4.78 is 28.9. The minimum absolute atomic E-state index is 0.0829. The number of rotatable bonds is 2. The standard InChI is InChI=1S/C27H24F2N2/c1-16-11-17(2)13-19(12-16)31-15-27(9-10-27)24-21-5-3-4-6-23(21)30-25(24)26(31)20-8-7-18(28)14-22(20)29/h3-8,11-14,26,30H,9-10,15H2,1-2H3. The Morgan fingerprint density at radius 1 is 0.935 bits per heavy atom. The van der Waals surface area contributed by atoms with Crippen molar-refractivity contribution < 1.29 is 8.78 Å². The van der Waals surface area contributed by atoms with Crippen molar-refractivity contribution in [2.45, 2.75) is 38.1 Å². The van der Waals surface area contributed by atoms with E-state index in [2.05, 4.69) is 60.1 Å². The van der Waals surface area contributed by atoms with Crippen LogP contribution in [-0.2, 0) is 5.41 Å². The van der Waals surface area contributed by atoms with Gasteiger partial charge in [0.25, 0.3) is 0 Å². The third-order valence-corrected chi connectivity index (χ3v) is 6.97. The second kappa shape index (κ2) is 6.43. The van der Waals surface area contributed by atoms with Crippen LogP contribution in [0, 0.1) is 25.5 Å². The molecule has 0 radical (unpaired) electrons. The van der Waals surface area contributed by atoms with Gasteiger partial charge in [-0.1, -0.05) is 30.3 Å². The maximum Gasteiger partial charge on any atom is 0.131 e. The highest BCUT2D eigenvalue weighted by Gasteiger charge is 2.54. The van der Waals surface area contributed by atoms with Crippen LogP contribution in [0.3, 0.4) is 0 Å². The van der Waals surface area contributed by atoms with Gasteiger partial charge in [-0.15, -0.1) is 0 Å². The van der Waals surface area contributed by atoms with Crippen molar-refractivity contribution in [3.63, 3.8) is 0 Å².